The van der Waals surface area contributed by atoms with Crippen LogP contribution in [0, 0.1) is 6.92 Å². The van der Waals surface area contributed by atoms with Crippen molar-refractivity contribution in [1.82, 2.24) is 4.98 Å². The van der Waals surface area contributed by atoms with E-state index < -0.39 is 5.97 Å². The van der Waals surface area contributed by atoms with E-state index >= 15 is 0 Å². The van der Waals surface area contributed by atoms with E-state index in [1.165, 1.54) is 0 Å². The lowest BCUT2D eigenvalue weighted by Gasteiger charge is -2.14. The van der Waals surface area contributed by atoms with Crippen LogP contribution < -0.4 is 0 Å². The van der Waals surface area contributed by atoms with Crippen LogP contribution >= 0.6 is 11.6 Å². The van der Waals surface area contributed by atoms with Crippen LogP contribution in [0.15, 0.2) is 29.8 Å². The highest BCUT2D eigenvalue weighted by molar-refractivity contribution is 6.30. The van der Waals surface area contributed by atoms with Gasteiger partial charge >= 0.3 is 5.97 Å². The molecule has 1 aromatic carbocycles. The second-order valence-corrected chi connectivity index (χ2v) is 6.19. The minimum Gasteiger partial charge on any atom is -0.461 e. The molecule has 1 aliphatic rings. The zero-order valence-electron chi connectivity index (χ0n) is 13.6. The van der Waals surface area contributed by atoms with Crippen molar-refractivity contribution in [2.45, 2.75) is 26.7 Å². The minimum atomic E-state index is -0.416. The Morgan fingerprint density at radius 2 is 2.00 bits per heavy atom. The summed E-state index contributed by atoms with van der Waals surface area (Å²) in [5.41, 5.74) is 4.13. The average Bonchev–Trinajstić information content (AvgIpc) is 2.90. The number of allylic oxidation sites excluding steroid dienone is 1. The van der Waals surface area contributed by atoms with Crippen LogP contribution in [0.25, 0.3) is 6.08 Å². The summed E-state index contributed by atoms with van der Waals surface area (Å²) in [6, 6.07) is 7.36. The van der Waals surface area contributed by atoms with Crippen LogP contribution in [-0.2, 0) is 11.2 Å². The molecule has 124 valence electrons. The molecule has 4 nitrogen and oxygen atoms in total. The Kier molecular flexibility index (Phi) is 4.58. The van der Waals surface area contributed by atoms with Gasteiger partial charge in [-0.3, -0.25) is 4.79 Å². The summed E-state index contributed by atoms with van der Waals surface area (Å²) in [7, 11) is 0. The van der Waals surface area contributed by atoms with Gasteiger partial charge in [-0.1, -0.05) is 23.7 Å². The van der Waals surface area contributed by atoms with Gasteiger partial charge in [0, 0.05) is 21.9 Å². The van der Waals surface area contributed by atoms with Gasteiger partial charge in [0.2, 0.25) is 0 Å². The highest BCUT2D eigenvalue weighted by Gasteiger charge is 2.29. The number of aryl methyl sites for hydroxylation is 1. The predicted octanol–water partition coefficient (Wildman–Crippen LogP) is 4.37. The van der Waals surface area contributed by atoms with Crippen LogP contribution in [0.2, 0.25) is 5.02 Å². The molecule has 1 aromatic heterocycles. The topological polar surface area (TPSA) is 59.2 Å². The Morgan fingerprint density at radius 1 is 1.29 bits per heavy atom. The van der Waals surface area contributed by atoms with E-state index in [0.29, 0.717) is 41.3 Å². The number of nitrogens with one attached hydrogen (secondary N) is 1. The number of esters is 1. The van der Waals surface area contributed by atoms with Gasteiger partial charge in [-0.25, -0.2) is 4.79 Å². The Labute approximate surface area is 145 Å². The van der Waals surface area contributed by atoms with E-state index in [4.69, 9.17) is 16.3 Å². The molecule has 0 bridgehead atoms. The van der Waals surface area contributed by atoms with Gasteiger partial charge in [-0.05, 0) is 56.0 Å². The number of ketones is 1. The Morgan fingerprint density at radius 3 is 2.67 bits per heavy atom. The summed E-state index contributed by atoms with van der Waals surface area (Å²) in [5, 5.41) is 0.662. The quantitative estimate of drug-likeness (QED) is 0.665. The van der Waals surface area contributed by atoms with E-state index in [0.717, 1.165) is 16.8 Å². The first-order valence-corrected chi connectivity index (χ1v) is 8.28. The minimum absolute atomic E-state index is 0.0319. The van der Waals surface area contributed by atoms with Crippen LogP contribution in [0.1, 0.15) is 51.0 Å². The summed E-state index contributed by atoms with van der Waals surface area (Å²) < 4.78 is 5.05. The number of fused-ring (bicyclic) bond motifs is 1. The number of H-pyrrole nitrogens is 1. The van der Waals surface area contributed by atoms with Crippen molar-refractivity contribution < 1.29 is 14.3 Å². The van der Waals surface area contributed by atoms with Gasteiger partial charge in [-0.15, -0.1) is 0 Å². The van der Waals surface area contributed by atoms with Crippen molar-refractivity contribution in [3.63, 3.8) is 0 Å². The van der Waals surface area contributed by atoms with Crippen LogP contribution in [0.4, 0.5) is 0 Å². The molecule has 0 radical (unpaired) electrons. The fourth-order valence-electron chi connectivity index (χ4n) is 2.99. The maximum absolute atomic E-state index is 12.8. The fourth-order valence-corrected chi connectivity index (χ4v) is 3.12. The normalized spacial score (nSPS) is 15.5. The van der Waals surface area contributed by atoms with Crippen LogP contribution in [-0.4, -0.2) is 23.3 Å². The van der Waals surface area contributed by atoms with Crippen molar-refractivity contribution in [2.75, 3.05) is 6.61 Å². The number of rotatable bonds is 3. The number of aromatic amines is 1. The average molecular weight is 344 g/mol. The Balaban J connectivity index is 1.95. The lowest BCUT2D eigenvalue weighted by atomic mass is 9.88. The molecular formula is C19H18ClNO3. The SMILES string of the molecule is CCOC(=O)c1[nH]c2c(c1C)C(=O)C(=Cc1ccc(Cl)cc1)CC2. The largest absolute Gasteiger partial charge is 0.461 e. The van der Waals surface area contributed by atoms with Crippen LogP contribution in [0.3, 0.4) is 0 Å². The van der Waals surface area contributed by atoms with Gasteiger partial charge < -0.3 is 9.72 Å². The number of carbonyl (C=O) groups is 2. The lowest BCUT2D eigenvalue weighted by Crippen LogP contribution is -2.14. The van der Waals surface area contributed by atoms with Gasteiger partial charge in [0.1, 0.15) is 5.69 Å². The first kappa shape index (κ1) is 16.5. The third kappa shape index (κ3) is 3.02. The molecular weight excluding hydrogens is 326 g/mol. The first-order chi connectivity index (χ1) is 11.5. The number of Topliss-reactive ketones (excluding diaryl/α,β-unsaturated/α-hetero) is 1. The molecule has 0 saturated carbocycles. The highest BCUT2D eigenvalue weighted by Crippen LogP contribution is 2.31. The van der Waals surface area contributed by atoms with E-state index in [1.807, 2.05) is 18.2 Å². The standard InChI is InChI=1S/C19H18ClNO3/c1-3-24-19(23)17-11(2)16-15(21-17)9-6-13(18(16)22)10-12-4-7-14(20)8-5-12/h4-5,7-8,10,21H,3,6,9H2,1-2H3. The first-order valence-electron chi connectivity index (χ1n) is 7.90. The summed E-state index contributed by atoms with van der Waals surface area (Å²) in [6.07, 6.45) is 3.22. The molecule has 0 fully saturated rings. The molecule has 0 amide bonds. The molecule has 0 atom stereocenters. The molecule has 0 unspecified atom stereocenters. The van der Waals surface area contributed by atoms with E-state index in [-0.39, 0.29) is 5.78 Å². The number of ether oxygens (including phenoxy) is 1. The molecule has 1 aliphatic carbocycles. The van der Waals surface area contributed by atoms with Crippen molar-refractivity contribution in [3.05, 3.63) is 62.9 Å². The Hall–Kier alpha value is -2.33. The maximum Gasteiger partial charge on any atom is 0.355 e. The second-order valence-electron chi connectivity index (χ2n) is 5.75. The molecule has 5 heteroatoms. The number of hydrogen-bond donors (Lipinski definition) is 1. The van der Waals surface area contributed by atoms with Gasteiger partial charge in [-0.2, -0.15) is 0 Å². The van der Waals surface area contributed by atoms with E-state index in [9.17, 15) is 9.59 Å². The van der Waals surface area contributed by atoms with Gasteiger partial charge in [0.15, 0.2) is 5.78 Å². The number of benzene rings is 1. The molecule has 1 heterocycles. The second kappa shape index (κ2) is 6.65. The summed E-state index contributed by atoms with van der Waals surface area (Å²) in [4.78, 5) is 27.9. The third-order valence-corrected chi connectivity index (χ3v) is 4.43. The summed E-state index contributed by atoms with van der Waals surface area (Å²) in [6.45, 7) is 3.84. The smallest absolute Gasteiger partial charge is 0.355 e. The number of aromatic nitrogens is 1. The molecule has 1 N–H and O–H groups in total. The van der Waals surface area contributed by atoms with Gasteiger partial charge in [0.25, 0.3) is 0 Å². The van der Waals surface area contributed by atoms with Gasteiger partial charge in [0.05, 0.1) is 6.61 Å². The van der Waals surface area contributed by atoms with Crippen molar-refractivity contribution in [3.8, 4) is 0 Å². The summed E-state index contributed by atoms with van der Waals surface area (Å²) >= 11 is 5.89. The molecule has 0 aliphatic heterocycles. The van der Waals surface area contributed by atoms with Crippen molar-refractivity contribution >= 4 is 29.4 Å². The van der Waals surface area contributed by atoms with Crippen molar-refractivity contribution in [1.29, 1.82) is 0 Å². The van der Waals surface area contributed by atoms with Crippen LogP contribution in [0.5, 0.6) is 0 Å². The Bertz CT molecular complexity index is 831. The van der Waals surface area contributed by atoms with E-state index in [2.05, 4.69) is 4.98 Å². The lowest BCUT2D eigenvalue weighted by molar-refractivity contribution is 0.0519. The molecule has 0 saturated heterocycles. The number of halogens is 1. The zero-order valence-corrected chi connectivity index (χ0v) is 14.4. The maximum atomic E-state index is 12.8. The number of hydrogen-bond acceptors (Lipinski definition) is 3. The zero-order chi connectivity index (χ0) is 17.3. The predicted molar refractivity (Wildman–Crippen MR) is 93.6 cm³/mol. The van der Waals surface area contributed by atoms with Crippen molar-refractivity contribution in [2.24, 2.45) is 0 Å². The fraction of sp³-hybridized carbons (Fsp3) is 0.263. The molecule has 24 heavy (non-hydrogen) atoms. The third-order valence-electron chi connectivity index (χ3n) is 4.18. The highest BCUT2D eigenvalue weighted by atomic mass is 35.5. The molecule has 3 rings (SSSR count). The molecule has 2 aromatic rings. The monoisotopic (exact) mass is 343 g/mol. The number of carbonyl (C=O) groups excluding carboxylic acids is 2. The summed E-state index contributed by atoms with van der Waals surface area (Å²) in [5.74, 6) is -0.448. The molecule has 0 spiro atoms. The van der Waals surface area contributed by atoms with E-state index in [1.54, 1.807) is 26.0 Å².